The van der Waals surface area contributed by atoms with Crippen LogP contribution in [0.25, 0.3) is 0 Å². The van der Waals surface area contributed by atoms with Crippen molar-refractivity contribution in [3.8, 4) is 0 Å². The van der Waals surface area contributed by atoms with Crippen molar-refractivity contribution in [3.05, 3.63) is 0 Å². The summed E-state index contributed by atoms with van der Waals surface area (Å²) in [5, 5.41) is 15.4. The lowest BCUT2D eigenvalue weighted by Crippen LogP contribution is -2.59. The number of hydrogen-bond acceptors (Lipinski definition) is 4. The average molecular weight is 297 g/mol. The fourth-order valence-corrected chi connectivity index (χ4v) is 3.34. The van der Waals surface area contributed by atoms with E-state index in [4.69, 9.17) is 15.7 Å². The van der Waals surface area contributed by atoms with Gasteiger partial charge in [0.25, 0.3) is 0 Å². The van der Waals surface area contributed by atoms with Crippen LogP contribution in [0.2, 0.25) is 0 Å². The number of amides is 1. The van der Waals surface area contributed by atoms with Crippen molar-refractivity contribution >= 4 is 11.7 Å². The Bertz CT molecular complexity index is 370. The molecular formula is C15H27N3O3. The van der Waals surface area contributed by atoms with Gasteiger partial charge in [-0.15, -0.1) is 0 Å². The molecule has 0 aromatic heterocycles. The van der Waals surface area contributed by atoms with Gasteiger partial charge in [-0.1, -0.05) is 37.3 Å². The summed E-state index contributed by atoms with van der Waals surface area (Å²) >= 11 is 0. The molecule has 0 bridgehead atoms. The van der Waals surface area contributed by atoms with E-state index in [-0.39, 0.29) is 17.7 Å². The number of nitrogens with one attached hydrogen (secondary N) is 1. The van der Waals surface area contributed by atoms with Gasteiger partial charge in [0, 0.05) is 6.61 Å². The zero-order valence-corrected chi connectivity index (χ0v) is 12.6. The van der Waals surface area contributed by atoms with Crippen LogP contribution in [0, 0.1) is 5.92 Å². The summed E-state index contributed by atoms with van der Waals surface area (Å²) in [6, 6.07) is 0. The Morgan fingerprint density at radius 2 is 1.86 bits per heavy atom. The normalized spacial score (nSPS) is 27.4. The number of hydrogen-bond donors (Lipinski definition) is 3. The molecule has 1 amide bonds. The quantitative estimate of drug-likeness (QED) is 0.320. The molecule has 2 fully saturated rings. The number of nitrogens with zero attached hydrogens (tertiary/aromatic N) is 1. The van der Waals surface area contributed by atoms with Crippen LogP contribution in [0.4, 0.5) is 0 Å². The zero-order chi connectivity index (χ0) is 15.1. The van der Waals surface area contributed by atoms with Gasteiger partial charge in [0.2, 0.25) is 5.91 Å². The van der Waals surface area contributed by atoms with E-state index in [1.807, 2.05) is 0 Å². The Labute approximate surface area is 126 Å². The molecule has 6 nitrogen and oxygen atoms in total. The van der Waals surface area contributed by atoms with E-state index in [9.17, 15) is 4.79 Å². The second-order valence-electron chi connectivity index (χ2n) is 6.24. The van der Waals surface area contributed by atoms with E-state index in [0.29, 0.717) is 6.61 Å². The lowest BCUT2D eigenvalue weighted by molar-refractivity contribution is -0.130. The summed E-state index contributed by atoms with van der Waals surface area (Å²) in [7, 11) is 0. The van der Waals surface area contributed by atoms with Crippen LogP contribution in [0.5, 0.6) is 0 Å². The lowest BCUT2D eigenvalue weighted by Gasteiger charge is -2.36. The van der Waals surface area contributed by atoms with Gasteiger partial charge in [-0.25, -0.2) is 0 Å². The van der Waals surface area contributed by atoms with Crippen LogP contribution < -0.4 is 11.1 Å². The van der Waals surface area contributed by atoms with Crippen molar-refractivity contribution in [1.29, 1.82) is 0 Å². The molecule has 1 aliphatic heterocycles. The monoisotopic (exact) mass is 297 g/mol. The number of oxime groups is 1. The Hall–Kier alpha value is -1.30. The minimum absolute atomic E-state index is 0.0260. The van der Waals surface area contributed by atoms with Gasteiger partial charge >= 0.3 is 0 Å². The highest BCUT2D eigenvalue weighted by Crippen LogP contribution is 2.28. The summed E-state index contributed by atoms with van der Waals surface area (Å²) in [6.07, 6.45) is 8.68. The first-order valence-electron chi connectivity index (χ1n) is 8.06. The lowest BCUT2D eigenvalue weighted by atomic mass is 9.82. The van der Waals surface area contributed by atoms with Gasteiger partial charge in [0.05, 0.1) is 12.5 Å². The molecular weight excluding hydrogens is 270 g/mol. The van der Waals surface area contributed by atoms with Crippen LogP contribution in [-0.4, -0.2) is 35.7 Å². The van der Waals surface area contributed by atoms with Crippen LogP contribution in [0.15, 0.2) is 5.16 Å². The highest BCUT2D eigenvalue weighted by molar-refractivity contribution is 5.94. The summed E-state index contributed by atoms with van der Waals surface area (Å²) in [5.41, 5.74) is 5.24. The van der Waals surface area contributed by atoms with Gasteiger partial charge in [0.1, 0.15) is 5.54 Å². The highest BCUT2D eigenvalue weighted by atomic mass is 16.5. The van der Waals surface area contributed by atoms with E-state index in [0.717, 1.165) is 58.0 Å². The minimum Gasteiger partial charge on any atom is -0.409 e. The fourth-order valence-electron chi connectivity index (χ4n) is 3.34. The van der Waals surface area contributed by atoms with E-state index in [1.54, 1.807) is 0 Å². The maximum atomic E-state index is 12.5. The van der Waals surface area contributed by atoms with Crippen molar-refractivity contribution in [2.24, 2.45) is 16.8 Å². The van der Waals surface area contributed by atoms with Gasteiger partial charge in [-0.3, -0.25) is 4.79 Å². The van der Waals surface area contributed by atoms with Crippen LogP contribution in [0.3, 0.4) is 0 Å². The van der Waals surface area contributed by atoms with Gasteiger partial charge < -0.3 is 21.0 Å². The molecule has 0 radical (unpaired) electrons. The van der Waals surface area contributed by atoms with Gasteiger partial charge in [0.15, 0.2) is 5.84 Å². The van der Waals surface area contributed by atoms with Crippen LogP contribution in [-0.2, 0) is 9.53 Å². The number of carbonyl (C=O) groups excluding carboxylic acids is 1. The smallest absolute Gasteiger partial charge is 0.226 e. The molecule has 1 atom stereocenters. The second kappa shape index (κ2) is 7.64. The molecule has 21 heavy (non-hydrogen) atoms. The molecule has 0 spiro atoms. The van der Waals surface area contributed by atoms with E-state index in [1.165, 1.54) is 6.42 Å². The molecule has 2 rings (SSSR count). The largest absolute Gasteiger partial charge is 0.409 e. The van der Waals surface area contributed by atoms with Crippen LogP contribution >= 0.6 is 0 Å². The Morgan fingerprint density at radius 1 is 1.19 bits per heavy atom. The zero-order valence-electron chi connectivity index (χ0n) is 12.6. The van der Waals surface area contributed by atoms with Crippen molar-refractivity contribution < 1.29 is 14.7 Å². The van der Waals surface area contributed by atoms with Crippen molar-refractivity contribution in [2.75, 3.05) is 13.2 Å². The number of carbonyl (C=O) groups is 1. The third kappa shape index (κ3) is 4.09. The molecule has 1 saturated heterocycles. The molecule has 6 heteroatoms. The first-order valence-corrected chi connectivity index (χ1v) is 8.06. The van der Waals surface area contributed by atoms with E-state index >= 15 is 0 Å². The molecule has 1 heterocycles. The molecule has 1 saturated carbocycles. The maximum absolute atomic E-state index is 12.5. The topological polar surface area (TPSA) is 96.9 Å². The number of nitrogens with two attached hydrogens (primary N) is 1. The molecule has 2 aliphatic rings. The maximum Gasteiger partial charge on any atom is 0.226 e. The predicted molar refractivity (Wildman–Crippen MR) is 80.1 cm³/mol. The number of amidine groups is 1. The standard InChI is InChI=1S/C15H27N3O3/c16-14(18-20)15(8-4-2-1-3-5-9-15)17-13(19)12-7-6-10-21-11-12/h12,20H,1-11H2,(H2,16,18)(H,17,19). The molecule has 4 N–H and O–H groups in total. The molecule has 0 aromatic carbocycles. The molecule has 1 unspecified atom stereocenters. The fraction of sp³-hybridized carbons (Fsp3) is 0.867. The van der Waals surface area contributed by atoms with Gasteiger partial charge in [-0.2, -0.15) is 0 Å². The summed E-state index contributed by atoms with van der Waals surface area (Å²) in [5.74, 6) is -0.0103. The van der Waals surface area contributed by atoms with Crippen molar-refractivity contribution in [2.45, 2.75) is 63.3 Å². The van der Waals surface area contributed by atoms with E-state index in [2.05, 4.69) is 10.5 Å². The summed E-state index contributed by atoms with van der Waals surface area (Å²) in [6.45, 7) is 1.20. The van der Waals surface area contributed by atoms with Gasteiger partial charge in [-0.05, 0) is 25.7 Å². The first kappa shape index (κ1) is 16.1. The summed E-state index contributed by atoms with van der Waals surface area (Å²) in [4.78, 5) is 12.5. The van der Waals surface area contributed by atoms with Crippen LogP contribution in [0.1, 0.15) is 57.8 Å². The van der Waals surface area contributed by atoms with Crippen molar-refractivity contribution in [3.63, 3.8) is 0 Å². The second-order valence-corrected chi connectivity index (χ2v) is 6.24. The third-order valence-electron chi connectivity index (χ3n) is 4.70. The summed E-state index contributed by atoms with van der Waals surface area (Å²) < 4.78 is 5.39. The molecule has 120 valence electrons. The third-order valence-corrected chi connectivity index (χ3v) is 4.70. The molecule has 0 aromatic rings. The highest BCUT2D eigenvalue weighted by Gasteiger charge is 2.38. The van der Waals surface area contributed by atoms with Crippen molar-refractivity contribution in [1.82, 2.24) is 5.32 Å². The predicted octanol–water partition coefficient (Wildman–Crippen LogP) is 1.76. The Morgan fingerprint density at radius 3 is 2.43 bits per heavy atom. The minimum atomic E-state index is -0.691. The SMILES string of the molecule is NC(=NO)C1(NC(=O)C2CCCOC2)CCCCCCC1. The number of ether oxygens (including phenoxy) is 1. The van der Waals surface area contributed by atoms with E-state index < -0.39 is 5.54 Å². The Balaban J connectivity index is 2.08. The first-order chi connectivity index (χ1) is 10.2. The molecule has 1 aliphatic carbocycles. The Kier molecular flexibility index (Phi) is 5.85. The average Bonchev–Trinajstić information content (AvgIpc) is 2.50. The number of rotatable bonds is 3.